The molecule has 0 aliphatic rings. The van der Waals surface area contributed by atoms with E-state index in [-0.39, 0.29) is 5.91 Å². The Morgan fingerprint density at radius 3 is 2.33 bits per heavy atom. The first kappa shape index (κ1) is 12.0. The van der Waals surface area contributed by atoms with Crippen molar-refractivity contribution in [1.82, 2.24) is 5.06 Å². The number of halogens is 1. The zero-order valence-electron chi connectivity index (χ0n) is 8.87. The molecule has 0 bridgehead atoms. The van der Waals surface area contributed by atoms with Gasteiger partial charge in [-0.05, 0) is 11.1 Å². The number of carbonyl (C=O) groups is 1. The van der Waals surface area contributed by atoms with Crippen molar-refractivity contribution in [3.05, 3.63) is 35.4 Å². The molecule has 1 aromatic carbocycles. The molecule has 0 unspecified atom stereocenters. The van der Waals surface area contributed by atoms with E-state index in [0.717, 1.165) is 11.1 Å². The number of rotatable bonds is 4. The average Bonchev–Trinajstić information content (AvgIpc) is 2.26. The molecule has 0 atom stereocenters. The maximum Gasteiger partial charge on any atom is 0.242 e. The van der Waals surface area contributed by atoms with Gasteiger partial charge in [0.1, 0.15) is 6.61 Å². The summed E-state index contributed by atoms with van der Waals surface area (Å²) in [6.07, 6.45) is 0. The minimum atomic E-state index is -0.118. The predicted molar refractivity (Wildman–Crippen MR) is 59.2 cm³/mol. The lowest BCUT2D eigenvalue weighted by atomic mass is 10.2. The zero-order valence-corrected chi connectivity index (χ0v) is 9.62. The van der Waals surface area contributed by atoms with E-state index in [1.807, 2.05) is 24.3 Å². The molecule has 0 heterocycles. The quantitative estimate of drug-likeness (QED) is 0.584. The fourth-order valence-corrected chi connectivity index (χ4v) is 1.17. The Hall–Kier alpha value is -1.06. The number of hydrogen-bond donors (Lipinski definition) is 0. The Morgan fingerprint density at radius 2 is 1.87 bits per heavy atom. The van der Waals surface area contributed by atoms with Gasteiger partial charge in [0.05, 0.1) is 0 Å². The van der Waals surface area contributed by atoms with Crippen LogP contribution in [0.15, 0.2) is 24.3 Å². The van der Waals surface area contributed by atoms with Gasteiger partial charge in [0.15, 0.2) is 0 Å². The highest BCUT2D eigenvalue weighted by atomic mass is 35.5. The van der Waals surface area contributed by atoms with Gasteiger partial charge in [-0.2, -0.15) is 0 Å². The maximum atomic E-state index is 10.8. The summed E-state index contributed by atoms with van der Waals surface area (Å²) in [7, 11) is 1.59. The second kappa shape index (κ2) is 5.73. The number of hydrogen-bond acceptors (Lipinski definition) is 2. The van der Waals surface area contributed by atoms with Gasteiger partial charge >= 0.3 is 0 Å². The Kier molecular flexibility index (Phi) is 4.59. The molecule has 0 aliphatic heterocycles. The third-order valence-electron chi connectivity index (χ3n) is 2.05. The van der Waals surface area contributed by atoms with E-state index < -0.39 is 0 Å². The van der Waals surface area contributed by atoms with Crippen molar-refractivity contribution >= 4 is 17.5 Å². The molecule has 4 heteroatoms. The standard InChI is InChI=1S/C11H14ClNO2/c1-9(14)13(2)15-8-11-5-3-10(7-12)4-6-11/h3-6H,7-8H2,1-2H3. The van der Waals surface area contributed by atoms with Crippen molar-refractivity contribution in [3.63, 3.8) is 0 Å². The van der Waals surface area contributed by atoms with Crippen LogP contribution in [0.25, 0.3) is 0 Å². The third kappa shape index (κ3) is 3.90. The fourth-order valence-electron chi connectivity index (χ4n) is 0.987. The van der Waals surface area contributed by atoms with Crippen LogP contribution < -0.4 is 0 Å². The SMILES string of the molecule is CC(=O)N(C)OCc1ccc(CCl)cc1. The molecule has 1 amide bonds. The number of nitrogens with zero attached hydrogens (tertiary/aromatic N) is 1. The second-order valence-corrected chi connectivity index (χ2v) is 3.51. The lowest BCUT2D eigenvalue weighted by Gasteiger charge is -2.14. The summed E-state index contributed by atoms with van der Waals surface area (Å²) in [5.41, 5.74) is 2.08. The Bertz CT molecular complexity index is 324. The van der Waals surface area contributed by atoms with Gasteiger partial charge in [-0.3, -0.25) is 9.63 Å². The Balaban J connectivity index is 2.47. The molecule has 0 radical (unpaired) electrons. The van der Waals surface area contributed by atoms with E-state index in [2.05, 4.69) is 0 Å². The minimum absolute atomic E-state index is 0.118. The predicted octanol–water partition coefficient (Wildman–Crippen LogP) is 2.34. The first-order valence-electron chi connectivity index (χ1n) is 4.64. The summed E-state index contributed by atoms with van der Waals surface area (Å²) in [4.78, 5) is 16.1. The number of alkyl halides is 1. The molecule has 0 N–H and O–H groups in total. The van der Waals surface area contributed by atoms with Crippen LogP contribution in [0, 0.1) is 0 Å². The zero-order chi connectivity index (χ0) is 11.3. The molecule has 3 nitrogen and oxygen atoms in total. The van der Waals surface area contributed by atoms with Crippen molar-refractivity contribution in [3.8, 4) is 0 Å². The highest BCUT2D eigenvalue weighted by Crippen LogP contribution is 2.08. The van der Waals surface area contributed by atoms with E-state index in [4.69, 9.17) is 16.4 Å². The molecule has 0 aromatic heterocycles. The summed E-state index contributed by atoms with van der Waals surface area (Å²) in [5, 5.41) is 1.22. The van der Waals surface area contributed by atoms with Gasteiger partial charge in [0.25, 0.3) is 0 Å². The van der Waals surface area contributed by atoms with Crippen molar-refractivity contribution in [1.29, 1.82) is 0 Å². The van der Waals surface area contributed by atoms with Gasteiger partial charge in [-0.25, -0.2) is 5.06 Å². The van der Waals surface area contributed by atoms with E-state index in [9.17, 15) is 4.79 Å². The van der Waals surface area contributed by atoms with Crippen LogP contribution in [0.5, 0.6) is 0 Å². The van der Waals surface area contributed by atoms with E-state index in [1.165, 1.54) is 12.0 Å². The average molecular weight is 228 g/mol. The van der Waals surface area contributed by atoms with Crippen molar-refractivity contribution in [2.24, 2.45) is 0 Å². The van der Waals surface area contributed by atoms with E-state index in [1.54, 1.807) is 7.05 Å². The molecule has 15 heavy (non-hydrogen) atoms. The monoisotopic (exact) mass is 227 g/mol. The number of amides is 1. The van der Waals surface area contributed by atoms with Crippen molar-refractivity contribution in [2.75, 3.05) is 7.05 Å². The van der Waals surface area contributed by atoms with Crippen LogP contribution in [0.2, 0.25) is 0 Å². The van der Waals surface area contributed by atoms with Crippen LogP contribution in [0.4, 0.5) is 0 Å². The smallest absolute Gasteiger partial charge is 0.242 e. The van der Waals surface area contributed by atoms with Crippen molar-refractivity contribution in [2.45, 2.75) is 19.4 Å². The summed E-state index contributed by atoms with van der Waals surface area (Å²) in [6.45, 7) is 1.84. The van der Waals surface area contributed by atoms with Gasteiger partial charge in [0.2, 0.25) is 5.91 Å². The first-order valence-corrected chi connectivity index (χ1v) is 5.18. The van der Waals surface area contributed by atoms with Crippen LogP contribution in [-0.4, -0.2) is 18.0 Å². The topological polar surface area (TPSA) is 29.5 Å². The molecular formula is C11H14ClNO2. The molecule has 1 rings (SSSR count). The molecular weight excluding hydrogens is 214 g/mol. The van der Waals surface area contributed by atoms with Crippen LogP contribution in [0.3, 0.4) is 0 Å². The Labute approximate surface area is 94.5 Å². The third-order valence-corrected chi connectivity index (χ3v) is 2.35. The first-order chi connectivity index (χ1) is 7.13. The summed E-state index contributed by atoms with van der Waals surface area (Å²) >= 11 is 5.66. The number of hydroxylamine groups is 2. The summed E-state index contributed by atoms with van der Waals surface area (Å²) in [5.74, 6) is 0.390. The van der Waals surface area contributed by atoms with E-state index in [0.29, 0.717) is 12.5 Å². The van der Waals surface area contributed by atoms with Gasteiger partial charge < -0.3 is 0 Å². The van der Waals surface area contributed by atoms with Crippen molar-refractivity contribution < 1.29 is 9.63 Å². The molecule has 0 saturated carbocycles. The fraction of sp³-hybridized carbons (Fsp3) is 0.364. The largest absolute Gasteiger partial charge is 0.273 e. The minimum Gasteiger partial charge on any atom is -0.273 e. The maximum absolute atomic E-state index is 10.8. The molecule has 0 saturated heterocycles. The highest BCUT2D eigenvalue weighted by Gasteiger charge is 2.02. The summed E-state index contributed by atoms with van der Waals surface area (Å²) in [6, 6.07) is 7.76. The van der Waals surface area contributed by atoms with Crippen LogP contribution >= 0.6 is 11.6 Å². The van der Waals surface area contributed by atoms with Crippen LogP contribution in [-0.2, 0) is 22.1 Å². The van der Waals surface area contributed by atoms with Gasteiger partial charge in [-0.1, -0.05) is 24.3 Å². The second-order valence-electron chi connectivity index (χ2n) is 3.24. The molecule has 1 aromatic rings. The lowest BCUT2D eigenvalue weighted by molar-refractivity contribution is -0.180. The lowest BCUT2D eigenvalue weighted by Crippen LogP contribution is -2.23. The normalized spacial score (nSPS) is 10.1. The highest BCUT2D eigenvalue weighted by molar-refractivity contribution is 6.17. The van der Waals surface area contributed by atoms with E-state index >= 15 is 0 Å². The van der Waals surface area contributed by atoms with Gasteiger partial charge in [0, 0.05) is 19.9 Å². The summed E-state index contributed by atoms with van der Waals surface area (Å²) < 4.78 is 0. The number of benzene rings is 1. The number of carbonyl (C=O) groups excluding carboxylic acids is 1. The van der Waals surface area contributed by atoms with Crippen LogP contribution in [0.1, 0.15) is 18.1 Å². The molecule has 82 valence electrons. The molecule has 0 spiro atoms. The molecule has 0 fully saturated rings. The Morgan fingerprint density at radius 1 is 1.33 bits per heavy atom. The molecule has 0 aliphatic carbocycles. The van der Waals surface area contributed by atoms with Gasteiger partial charge in [-0.15, -0.1) is 11.6 Å².